The maximum atomic E-state index is 5.73. The molecule has 1 radical (unpaired) electrons. The number of hydrogen-bond donors (Lipinski definition) is 0. The monoisotopic (exact) mass is 249 g/mol. The Kier molecular flexibility index (Phi) is 7.31. The van der Waals surface area contributed by atoms with Crippen LogP contribution in [0.1, 0.15) is 45.1 Å². The molecule has 0 saturated carbocycles. The second-order valence-corrected chi connectivity index (χ2v) is 4.47. The van der Waals surface area contributed by atoms with Crippen LogP contribution in [-0.4, -0.2) is 13.2 Å². The predicted octanol–water partition coefficient (Wildman–Crippen LogP) is 4.42. The Morgan fingerprint density at radius 3 is 1.78 bits per heavy atom. The summed E-state index contributed by atoms with van der Waals surface area (Å²) in [6, 6.07) is 6.08. The molecular weight excluding hydrogens is 224 g/mol. The van der Waals surface area contributed by atoms with E-state index in [2.05, 4.69) is 32.9 Å². The number of rotatable bonds is 9. The fraction of sp³-hybridized carbons (Fsp3) is 0.562. The van der Waals surface area contributed by atoms with E-state index in [-0.39, 0.29) is 0 Å². The van der Waals surface area contributed by atoms with E-state index in [9.17, 15) is 0 Å². The van der Waals surface area contributed by atoms with Gasteiger partial charge in [0.2, 0.25) is 0 Å². The highest BCUT2D eigenvalue weighted by atomic mass is 16.5. The number of hydrogen-bond acceptors (Lipinski definition) is 2. The van der Waals surface area contributed by atoms with E-state index >= 15 is 0 Å². The Hall–Kier alpha value is -1.18. The van der Waals surface area contributed by atoms with Gasteiger partial charge in [-0.05, 0) is 43.9 Å². The van der Waals surface area contributed by atoms with Crippen LogP contribution in [0, 0.1) is 6.92 Å². The third-order valence-corrected chi connectivity index (χ3v) is 2.76. The van der Waals surface area contributed by atoms with Crippen molar-refractivity contribution in [3.8, 4) is 11.5 Å². The van der Waals surface area contributed by atoms with Crippen molar-refractivity contribution in [1.29, 1.82) is 0 Å². The van der Waals surface area contributed by atoms with E-state index in [1.54, 1.807) is 0 Å². The van der Waals surface area contributed by atoms with Crippen LogP contribution in [0.3, 0.4) is 0 Å². The maximum absolute atomic E-state index is 5.73. The summed E-state index contributed by atoms with van der Waals surface area (Å²) in [5.74, 6) is 1.80. The molecule has 0 aliphatic heterocycles. The van der Waals surface area contributed by atoms with E-state index < -0.39 is 0 Å². The van der Waals surface area contributed by atoms with Crippen molar-refractivity contribution in [3.63, 3.8) is 0 Å². The SMILES string of the molecule is [CH2]Cc1cc(OCCCC)cc(OCCCC)c1. The van der Waals surface area contributed by atoms with Gasteiger partial charge in [0, 0.05) is 6.07 Å². The molecule has 2 nitrogen and oxygen atoms in total. The summed E-state index contributed by atoms with van der Waals surface area (Å²) >= 11 is 0. The molecule has 0 unspecified atom stereocenters. The van der Waals surface area contributed by atoms with Gasteiger partial charge in [0.15, 0.2) is 0 Å². The topological polar surface area (TPSA) is 18.5 Å². The second kappa shape index (κ2) is 8.84. The van der Waals surface area contributed by atoms with Gasteiger partial charge >= 0.3 is 0 Å². The Balaban J connectivity index is 2.62. The van der Waals surface area contributed by atoms with Crippen molar-refractivity contribution in [2.24, 2.45) is 0 Å². The Morgan fingerprint density at radius 2 is 1.39 bits per heavy atom. The fourth-order valence-electron chi connectivity index (χ4n) is 1.61. The highest BCUT2D eigenvalue weighted by molar-refractivity contribution is 5.38. The molecule has 0 heterocycles. The zero-order chi connectivity index (χ0) is 13.2. The summed E-state index contributed by atoms with van der Waals surface area (Å²) in [5, 5.41) is 0. The Labute approximate surface area is 111 Å². The van der Waals surface area contributed by atoms with E-state index in [0.29, 0.717) is 0 Å². The van der Waals surface area contributed by atoms with Crippen LogP contribution in [0.5, 0.6) is 11.5 Å². The highest BCUT2D eigenvalue weighted by Crippen LogP contribution is 2.23. The molecule has 18 heavy (non-hydrogen) atoms. The lowest BCUT2D eigenvalue weighted by Crippen LogP contribution is -2.00. The third kappa shape index (κ3) is 5.44. The molecule has 1 aromatic carbocycles. The van der Waals surface area contributed by atoms with Crippen LogP contribution < -0.4 is 9.47 Å². The molecule has 0 amide bonds. The van der Waals surface area contributed by atoms with Crippen molar-refractivity contribution >= 4 is 0 Å². The van der Waals surface area contributed by atoms with Gasteiger partial charge < -0.3 is 9.47 Å². The van der Waals surface area contributed by atoms with Crippen molar-refractivity contribution in [1.82, 2.24) is 0 Å². The molecule has 0 aliphatic carbocycles. The molecule has 101 valence electrons. The molecule has 1 aromatic rings. The normalized spacial score (nSPS) is 10.4. The minimum Gasteiger partial charge on any atom is -0.493 e. The van der Waals surface area contributed by atoms with Gasteiger partial charge in [-0.3, -0.25) is 0 Å². The lowest BCUT2D eigenvalue weighted by Gasteiger charge is -2.11. The summed E-state index contributed by atoms with van der Waals surface area (Å²) in [7, 11) is 0. The molecule has 0 saturated heterocycles. The highest BCUT2D eigenvalue weighted by Gasteiger charge is 2.02. The smallest absolute Gasteiger partial charge is 0.123 e. The van der Waals surface area contributed by atoms with Crippen molar-refractivity contribution in [2.45, 2.75) is 46.0 Å². The molecule has 0 spiro atoms. The maximum Gasteiger partial charge on any atom is 0.123 e. The first-order valence-corrected chi connectivity index (χ1v) is 6.99. The van der Waals surface area contributed by atoms with Crippen LogP contribution in [0.4, 0.5) is 0 Å². The standard InChI is InChI=1S/C16H25O2/c1-4-7-9-17-15-11-14(6-3)12-16(13-15)18-10-8-5-2/h11-13H,3-10H2,1-2H3. The summed E-state index contributed by atoms with van der Waals surface area (Å²) in [6.07, 6.45) is 5.22. The first-order valence-electron chi connectivity index (χ1n) is 6.99. The van der Waals surface area contributed by atoms with Crippen LogP contribution in [0.2, 0.25) is 0 Å². The van der Waals surface area contributed by atoms with Gasteiger partial charge in [0.25, 0.3) is 0 Å². The van der Waals surface area contributed by atoms with Crippen molar-refractivity contribution < 1.29 is 9.47 Å². The lowest BCUT2D eigenvalue weighted by atomic mass is 10.1. The van der Waals surface area contributed by atoms with E-state index in [1.807, 2.05) is 6.07 Å². The second-order valence-electron chi connectivity index (χ2n) is 4.47. The molecule has 0 fully saturated rings. The minimum atomic E-state index is 0.759. The van der Waals surface area contributed by atoms with Gasteiger partial charge in [0.05, 0.1) is 13.2 Å². The quantitative estimate of drug-likeness (QED) is 0.603. The molecular formula is C16H25O2. The molecule has 0 N–H and O–H groups in total. The zero-order valence-corrected chi connectivity index (χ0v) is 11.7. The Bertz CT molecular complexity index is 306. The molecule has 0 aliphatic rings. The van der Waals surface area contributed by atoms with E-state index in [0.717, 1.165) is 62.4 Å². The summed E-state index contributed by atoms with van der Waals surface area (Å²) in [6.45, 7) is 9.78. The zero-order valence-electron chi connectivity index (χ0n) is 11.7. The summed E-state index contributed by atoms with van der Waals surface area (Å²) < 4.78 is 11.5. The predicted molar refractivity (Wildman–Crippen MR) is 76.3 cm³/mol. The molecule has 0 bridgehead atoms. The van der Waals surface area contributed by atoms with Gasteiger partial charge in [-0.15, -0.1) is 0 Å². The molecule has 0 atom stereocenters. The largest absolute Gasteiger partial charge is 0.493 e. The molecule has 0 aromatic heterocycles. The molecule has 1 rings (SSSR count). The van der Waals surface area contributed by atoms with Crippen molar-refractivity contribution in [2.75, 3.05) is 13.2 Å². The van der Waals surface area contributed by atoms with Gasteiger partial charge in [0.1, 0.15) is 11.5 Å². The first-order chi connectivity index (χ1) is 8.80. The summed E-state index contributed by atoms with van der Waals surface area (Å²) in [4.78, 5) is 0. The molecule has 2 heteroatoms. The van der Waals surface area contributed by atoms with Crippen LogP contribution in [0.25, 0.3) is 0 Å². The van der Waals surface area contributed by atoms with Gasteiger partial charge in [-0.1, -0.05) is 26.7 Å². The van der Waals surface area contributed by atoms with Gasteiger partial charge in [-0.25, -0.2) is 0 Å². The average molecular weight is 249 g/mol. The van der Waals surface area contributed by atoms with Crippen LogP contribution >= 0.6 is 0 Å². The third-order valence-electron chi connectivity index (χ3n) is 2.76. The lowest BCUT2D eigenvalue weighted by molar-refractivity contribution is 0.294. The van der Waals surface area contributed by atoms with E-state index in [4.69, 9.17) is 9.47 Å². The number of ether oxygens (including phenoxy) is 2. The first kappa shape index (κ1) is 14.9. The van der Waals surface area contributed by atoms with Gasteiger partial charge in [-0.2, -0.15) is 0 Å². The summed E-state index contributed by atoms with van der Waals surface area (Å²) in [5.41, 5.74) is 1.16. The minimum absolute atomic E-state index is 0.759. The average Bonchev–Trinajstić information content (AvgIpc) is 2.39. The number of benzene rings is 1. The fourth-order valence-corrected chi connectivity index (χ4v) is 1.61. The van der Waals surface area contributed by atoms with Crippen molar-refractivity contribution in [3.05, 3.63) is 30.7 Å². The number of unbranched alkanes of at least 4 members (excludes halogenated alkanes) is 2. The van der Waals surface area contributed by atoms with Crippen LogP contribution in [0.15, 0.2) is 18.2 Å². The Morgan fingerprint density at radius 1 is 0.889 bits per heavy atom. The van der Waals surface area contributed by atoms with Crippen LogP contribution in [-0.2, 0) is 6.42 Å². The van der Waals surface area contributed by atoms with E-state index in [1.165, 1.54) is 0 Å².